The van der Waals surface area contributed by atoms with E-state index in [0.717, 1.165) is 4.47 Å². The number of aromatic amines is 1. The van der Waals surface area contributed by atoms with E-state index < -0.39 is 0 Å². The van der Waals surface area contributed by atoms with Crippen molar-refractivity contribution >= 4 is 38.2 Å². The molecule has 3 N–H and O–H groups in total. The Kier molecular flexibility index (Phi) is 3.52. The summed E-state index contributed by atoms with van der Waals surface area (Å²) in [6.07, 6.45) is 0. The Morgan fingerprint density at radius 1 is 1.36 bits per heavy atom. The topological polar surface area (TPSA) is 92.1 Å². The number of nitrogens with zero attached hydrogens (tertiary/aromatic N) is 2. The molecule has 114 valence electrons. The summed E-state index contributed by atoms with van der Waals surface area (Å²) in [6.45, 7) is 4.12. The normalized spacial score (nSPS) is 15.5. The van der Waals surface area contributed by atoms with E-state index in [4.69, 9.17) is 5.73 Å². The third kappa shape index (κ3) is 2.31. The van der Waals surface area contributed by atoms with Crippen molar-refractivity contribution in [1.82, 2.24) is 14.9 Å². The Morgan fingerprint density at radius 2 is 2.09 bits per heavy atom. The fourth-order valence-corrected chi connectivity index (χ4v) is 2.90. The van der Waals surface area contributed by atoms with Crippen LogP contribution in [-0.2, 0) is 4.79 Å². The fraction of sp³-hybridized carbons (Fsp3) is 0.267. The van der Waals surface area contributed by atoms with Crippen LogP contribution in [0, 0.1) is 0 Å². The van der Waals surface area contributed by atoms with Gasteiger partial charge in [0.15, 0.2) is 5.78 Å². The molecule has 2 aromatic rings. The molecular weight excluding hydrogens is 348 g/mol. The number of aromatic nitrogens is 2. The van der Waals surface area contributed by atoms with E-state index in [-0.39, 0.29) is 35.3 Å². The van der Waals surface area contributed by atoms with Gasteiger partial charge in [0.1, 0.15) is 17.2 Å². The quantitative estimate of drug-likeness (QED) is 0.846. The van der Waals surface area contributed by atoms with Crippen LogP contribution >= 0.6 is 15.9 Å². The van der Waals surface area contributed by atoms with Gasteiger partial charge in [-0.3, -0.25) is 9.59 Å². The summed E-state index contributed by atoms with van der Waals surface area (Å²) in [4.78, 5) is 33.3. The van der Waals surface area contributed by atoms with Crippen molar-refractivity contribution in [2.75, 3.05) is 6.54 Å². The molecule has 0 spiro atoms. The fourth-order valence-electron chi connectivity index (χ4n) is 2.55. The molecule has 0 fully saturated rings. The Balaban J connectivity index is 2.22. The highest BCUT2D eigenvalue weighted by Gasteiger charge is 2.32. The number of carbonyl (C=O) groups is 1. The zero-order valence-corrected chi connectivity index (χ0v) is 13.8. The number of carbonyl (C=O) groups excluding carboxylic acids is 1. The molecule has 6 nitrogen and oxygen atoms in total. The predicted molar refractivity (Wildman–Crippen MR) is 88.0 cm³/mol. The largest absolute Gasteiger partial charge is 0.385 e. The molecule has 0 saturated heterocycles. The zero-order chi connectivity index (χ0) is 16.0. The molecule has 7 heteroatoms. The SMILES string of the molecule is CC(C)N1CC(=O)C(c2nc3cc(Br)ccc3c(=O)[nH]2)=C1N. The molecule has 0 unspecified atom stereocenters. The maximum absolute atomic E-state index is 12.3. The minimum absolute atomic E-state index is 0.0998. The highest BCUT2D eigenvalue weighted by Crippen LogP contribution is 2.26. The van der Waals surface area contributed by atoms with E-state index in [1.54, 1.807) is 23.1 Å². The number of ketones is 1. The van der Waals surface area contributed by atoms with Gasteiger partial charge in [-0.15, -0.1) is 0 Å². The first-order valence-electron chi connectivity index (χ1n) is 6.88. The minimum Gasteiger partial charge on any atom is -0.385 e. The summed E-state index contributed by atoms with van der Waals surface area (Å²) >= 11 is 3.35. The molecule has 1 aliphatic heterocycles. The first-order valence-corrected chi connectivity index (χ1v) is 7.67. The van der Waals surface area contributed by atoms with Crippen LogP contribution in [0.15, 0.2) is 33.3 Å². The second-order valence-corrected chi connectivity index (χ2v) is 6.40. The lowest BCUT2D eigenvalue weighted by Gasteiger charge is -2.22. The highest BCUT2D eigenvalue weighted by molar-refractivity contribution is 9.10. The number of hydrogen-bond acceptors (Lipinski definition) is 5. The minimum atomic E-state index is -0.288. The zero-order valence-electron chi connectivity index (χ0n) is 12.2. The van der Waals surface area contributed by atoms with Gasteiger partial charge in [-0.1, -0.05) is 15.9 Å². The van der Waals surface area contributed by atoms with E-state index in [1.165, 1.54) is 0 Å². The number of rotatable bonds is 2. The summed E-state index contributed by atoms with van der Waals surface area (Å²) in [5, 5.41) is 0.470. The third-order valence-electron chi connectivity index (χ3n) is 3.69. The monoisotopic (exact) mass is 362 g/mol. The smallest absolute Gasteiger partial charge is 0.259 e. The first kappa shape index (κ1) is 14.8. The molecule has 0 radical (unpaired) electrons. The lowest BCUT2D eigenvalue weighted by Crippen LogP contribution is -2.32. The van der Waals surface area contributed by atoms with Crippen LogP contribution in [0.2, 0.25) is 0 Å². The number of nitrogens with two attached hydrogens (primary N) is 1. The van der Waals surface area contributed by atoms with Crippen molar-refractivity contribution in [3.63, 3.8) is 0 Å². The Morgan fingerprint density at radius 3 is 2.73 bits per heavy atom. The van der Waals surface area contributed by atoms with Gasteiger partial charge in [-0.2, -0.15) is 0 Å². The van der Waals surface area contributed by atoms with Crippen molar-refractivity contribution < 1.29 is 4.79 Å². The van der Waals surface area contributed by atoms with Crippen LogP contribution in [-0.4, -0.2) is 33.2 Å². The van der Waals surface area contributed by atoms with Gasteiger partial charge in [0, 0.05) is 10.5 Å². The van der Waals surface area contributed by atoms with Crippen molar-refractivity contribution in [2.45, 2.75) is 19.9 Å². The molecule has 0 atom stereocenters. The van der Waals surface area contributed by atoms with Crippen molar-refractivity contribution in [3.05, 3.63) is 44.7 Å². The van der Waals surface area contributed by atoms with E-state index in [2.05, 4.69) is 25.9 Å². The molecule has 0 aliphatic carbocycles. The second-order valence-electron chi connectivity index (χ2n) is 5.48. The van der Waals surface area contributed by atoms with E-state index in [1.807, 2.05) is 13.8 Å². The molecule has 0 amide bonds. The molecule has 22 heavy (non-hydrogen) atoms. The lowest BCUT2D eigenvalue weighted by atomic mass is 10.1. The third-order valence-corrected chi connectivity index (χ3v) is 4.18. The number of benzene rings is 1. The molecule has 3 rings (SSSR count). The highest BCUT2D eigenvalue weighted by atomic mass is 79.9. The van der Waals surface area contributed by atoms with Crippen molar-refractivity contribution in [1.29, 1.82) is 0 Å². The van der Waals surface area contributed by atoms with Gasteiger partial charge >= 0.3 is 0 Å². The van der Waals surface area contributed by atoms with Gasteiger partial charge < -0.3 is 15.6 Å². The van der Waals surface area contributed by atoms with Crippen LogP contribution in [0.4, 0.5) is 0 Å². The number of halogens is 1. The maximum atomic E-state index is 12.3. The molecular formula is C15H15BrN4O2. The maximum Gasteiger partial charge on any atom is 0.259 e. The average Bonchev–Trinajstić information content (AvgIpc) is 2.73. The predicted octanol–water partition coefficient (Wildman–Crippen LogP) is 1.61. The van der Waals surface area contributed by atoms with Crippen LogP contribution < -0.4 is 11.3 Å². The summed E-state index contributed by atoms with van der Waals surface area (Å²) in [7, 11) is 0. The average molecular weight is 363 g/mol. The molecule has 0 saturated carbocycles. The van der Waals surface area contributed by atoms with E-state index >= 15 is 0 Å². The Bertz CT molecular complexity index is 869. The number of Topliss-reactive ketones (excluding diaryl/α,β-unsaturated/α-hetero) is 1. The molecule has 0 bridgehead atoms. The molecule has 1 aliphatic rings. The Labute approximate surface area is 135 Å². The summed E-state index contributed by atoms with van der Waals surface area (Å²) in [5.74, 6) is 0.447. The molecule has 1 aromatic heterocycles. The molecule has 2 heterocycles. The standard InChI is InChI=1S/C15H15BrN4O2/c1-7(2)20-6-11(21)12(13(20)17)14-18-10-5-8(16)3-4-9(10)15(22)19-14/h3-5,7H,6,17H2,1-2H3,(H,18,19,22). The van der Waals surface area contributed by atoms with Gasteiger partial charge in [0.25, 0.3) is 5.56 Å². The molecule has 1 aromatic carbocycles. The number of hydrogen-bond donors (Lipinski definition) is 2. The number of fused-ring (bicyclic) bond motifs is 1. The van der Waals surface area contributed by atoms with Gasteiger partial charge in [-0.25, -0.2) is 4.98 Å². The van der Waals surface area contributed by atoms with Gasteiger partial charge in [-0.05, 0) is 32.0 Å². The number of H-pyrrole nitrogens is 1. The van der Waals surface area contributed by atoms with Crippen molar-refractivity contribution in [3.8, 4) is 0 Å². The summed E-state index contributed by atoms with van der Waals surface area (Å²) in [6, 6.07) is 5.30. The van der Waals surface area contributed by atoms with Crippen molar-refractivity contribution in [2.24, 2.45) is 5.73 Å². The van der Waals surface area contributed by atoms with Crippen LogP contribution in [0.1, 0.15) is 19.7 Å². The van der Waals surface area contributed by atoms with Gasteiger partial charge in [0.05, 0.1) is 17.4 Å². The summed E-state index contributed by atoms with van der Waals surface area (Å²) < 4.78 is 0.813. The lowest BCUT2D eigenvalue weighted by molar-refractivity contribution is -0.113. The number of nitrogens with one attached hydrogen (secondary N) is 1. The first-order chi connectivity index (χ1) is 10.4. The van der Waals surface area contributed by atoms with Gasteiger partial charge in [0.2, 0.25) is 0 Å². The van der Waals surface area contributed by atoms with Crippen LogP contribution in [0.5, 0.6) is 0 Å². The van der Waals surface area contributed by atoms with Crippen LogP contribution in [0.3, 0.4) is 0 Å². The van der Waals surface area contributed by atoms with E-state index in [0.29, 0.717) is 16.7 Å². The second kappa shape index (κ2) is 5.24. The van der Waals surface area contributed by atoms with Crippen LogP contribution in [0.25, 0.3) is 16.5 Å². The van der Waals surface area contributed by atoms with E-state index in [9.17, 15) is 9.59 Å². The Hall–Kier alpha value is -2.15. The summed E-state index contributed by atoms with van der Waals surface area (Å²) in [5.41, 5.74) is 6.60.